The molecule has 0 atom stereocenters. The first-order chi connectivity index (χ1) is 14.9. The number of aromatic hydroxyl groups is 1. The van der Waals surface area contributed by atoms with Crippen molar-refractivity contribution in [3.05, 3.63) is 94.0 Å². The minimum absolute atomic E-state index is 0.0241. The number of Topliss-reactive ketones (excluding diaryl/α,β-unsaturated/α-hetero) is 1. The van der Waals surface area contributed by atoms with Gasteiger partial charge in [0.05, 0.1) is 17.2 Å². The van der Waals surface area contributed by atoms with E-state index in [1.165, 1.54) is 6.92 Å². The molecule has 0 spiro atoms. The van der Waals surface area contributed by atoms with Gasteiger partial charge in [-0.05, 0) is 61.4 Å². The first-order valence-electron chi connectivity index (χ1n) is 10.1. The van der Waals surface area contributed by atoms with E-state index in [4.69, 9.17) is 10.00 Å². The molecule has 0 saturated heterocycles. The Morgan fingerprint density at radius 2 is 1.77 bits per heavy atom. The summed E-state index contributed by atoms with van der Waals surface area (Å²) in [6, 6.07) is 18.8. The van der Waals surface area contributed by atoms with Gasteiger partial charge in [-0.3, -0.25) is 9.59 Å². The molecule has 3 rings (SSSR count). The Hall–Kier alpha value is -3.91. The molecular formula is C26H23NO4. The number of hydrogen-bond donors (Lipinski definition) is 1. The van der Waals surface area contributed by atoms with E-state index in [1.54, 1.807) is 54.6 Å². The highest BCUT2D eigenvalue weighted by Crippen LogP contribution is 2.29. The van der Waals surface area contributed by atoms with Gasteiger partial charge in [-0.1, -0.05) is 31.5 Å². The molecule has 156 valence electrons. The van der Waals surface area contributed by atoms with Crippen LogP contribution in [0.1, 0.15) is 63.2 Å². The van der Waals surface area contributed by atoms with Crippen LogP contribution in [0, 0.1) is 11.3 Å². The van der Waals surface area contributed by atoms with E-state index in [0.29, 0.717) is 34.4 Å². The summed E-state index contributed by atoms with van der Waals surface area (Å²) < 4.78 is 5.86. The van der Waals surface area contributed by atoms with Gasteiger partial charge in [0.1, 0.15) is 18.1 Å². The fraction of sp³-hybridized carbons (Fsp3) is 0.192. The molecule has 5 nitrogen and oxygen atoms in total. The topological polar surface area (TPSA) is 87.4 Å². The zero-order valence-electron chi connectivity index (χ0n) is 17.5. The minimum Gasteiger partial charge on any atom is -0.507 e. The van der Waals surface area contributed by atoms with Gasteiger partial charge in [-0.25, -0.2) is 0 Å². The molecule has 3 aromatic carbocycles. The average molecular weight is 413 g/mol. The second kappa shape index (κ2) is 9.73. The molecule has 0 aliphatic carbocycles. The van der Waals surface area contributed by atoms with Crippen molar-refractivity contribution in [2.45, 2.75) is 33.3 Å². The van der Waals surface area contributed by atoms with Crippen LogP contribution in [0.25, 0.3) is 0 Å². The molecule has 0 fully saturated rings. The maximum absolute atomic E-state index is 12.6. The number of nitrogens with zero attached hydrogens (tertiary/aromatic N) is 1. The Kier molecular flexibility index (Phi) is 6.84. The number of benzene rings is 3. The third kappa shape index (κ3) is 4.99. The van der Waals surface area contributed by atoms with Gasteiger partial charge in [0.25, 0.3) is 0 Å². The van der Waals surface area contributed by atoms with E-state index in [1.807, 2.05) is 19.1 Å². The number of hydrogen-bond acceptors (Lipinski definition) is 5. The molecule has 0 aromatic heterocycles. The molecule has 0 unspecified atom stereocenters. The number of ketones is 2. The Morgan fingerprint density at radius 1 is 1.03 bits per heavy atom. The minimum atomic E-state index is -0.178. The van der Waals surface area contributed by atoms with E-state index in [2.05, 4.69) is 0 Å². The first kappa shape index (κ1) is 21.8. The maximum Gasteiger partial charge on any atom is 0.193 e. The largest absolute Gasteiger partial charge is 0.507 e. The highest BCUT2D eigenvalue weighted by atomic mass is 16.5. The Bertz CT molecular complexity index is 1160. The van der Waals surface area contributed by atoms with Crippen molar-refractivity contribution in [3.8, 4) is 17.6 Å². The number of phenolic OH excluding ortho intramolecular Hbond substituents is 1. The molecule has 31 heavy (non-hydrogen) atoms. The van der Waals surface area contributed by atoms with Gasteiger partial charge in [-0.2, -0.15) is 5.26 Å². The highest BCUT2D eigenvalue weighted by Gasteiger charge is 2.15. The van der Waals surface area contributed by atoms with Crippen LogP contribution in [0.2, 0.25) is 0 Å². The molecule has 3 aromatic rings. The summed E-state index contributed by atoms with van der Waals surface area (Å²) in [7, 11) is 0. The van der Waals surface area contributed by atoms with Crippen LogP contribution in [0.4, 0.5) is 0 Å². The normalized spacial score (nSPS) is 10.4. The second-order valence-corrected chi connectivity index (χ2v) is 7.24. The second-order valence-electron chi connectivity index (χ2n) is 7.24. The lowest BCUT2D eigenvalue weighted by Gasteiger charge is -2.14. The zero-order valence-corrected chi connectivity index (χ0v) is 17.5. The quantitative estimate of drug-likeness (QED) is 0.511. The van der Waals surface area contributed by atoms with Crippen LogP contribution in [0.15, 0.2) is 60.7 Å². The number of rotatable bonds is 8. The van der Waals surface area contributed by atoms with Gasteiger partial charge in [0.15, 0.2) is 11.6 Å². The van der Waals surface area contributed by atoms with Crippen LogP contribution in [0.5, 0.6) is 11.5 Å². The number of phenols is 1. The van der Waals surface area contributed by atoms with Gasteiger partial charge in [0, 0.05) is 16.7 Å². The summed E-state index contributed by atoms with van der Waals surface area (Å²) in [6.07, 6.45) is 1.46. The van der Waals surface area contributed by atoms with Gasteiger partial charge in [0.2, 0.25) is 0 Å². The summed E-state index contributed by atoms with van der Waals surface area (Å²) in [5.74, 6) is 0.261. The van der Waals surface area contributed by atoms with Gasteiger partial charge >= 0.3 is 0 Å². The maximum atomic E-state index is 12.6. The molecule has 0 bridgehead atoms. The van der Waals surface area contributed by atoms with E-state index in [-0.39, 0.29) is 23.9 Å². The fourth-order valence-corrected chi connectivity index (χ4v) is 3.39. The molecule has 0 amide bonds. The predicted octanol–water partition coefficient (Wildman–Crippen LogP) is 5.23. The molecule has 0 radical (unpaired) electrons. The molecule has 1 N–H and O–H groups in total. The summed E-state index contributed by atoms with van der Waals surface area (Å²) in [4.78, 5) is 24.3. The highest BCUT2D eigenvalue weighted by molar-refractivity contribution is 6.09. The lowest BCUT2D eigenvalue weighted by Crippen LogP contribution is -2.05. The average Bonchev–Trinajstić information content (AvgIpc) is 2.79. The smallest absolute Gasteiger partial charge is 0.193 e. The number of ether oxygens (including phenoxy) is 1. The lowest BCUT2D eigenvalue weighted by molar-refractivity contribution is 0.101. The van der Waals surface area contributed by atoms with Crippen molar-refractivity contribution >= 4 is 11.6 Å². The summed E-state index contributed by atoms with van der Waals surface area (Å²) in [6.45, 7) is 3.67. The van der Waals surface area contributed by atoms with E-state index >= 15 is 0 Å². The molecular weight excluding hydrogens is 390 g/mol. The summed E-state index contributed by atoms with van der Waals surface area (Å²) in [5, 5.41) is 19.5. The Balaban J connectivity index is 1.75. The van der Waals surface area contributed by atoms with Crippen molar-refractivity contribution in [2.24, 2.45) is 0 Å². The van der Waals surface area contributed by atoms with Crippen LogP contribution < -0.4 is 4.74 Å². The van der Waals surface area contributed by atoms with Gasteiger partial charge in [-0.15, -0.1) is 0 Å². The van der Waals surface area contributed by atoms with E-state index in [0.717, 1.165) is 17.5 Å². The predicted molar refractivity (Wildman–Crippen MR) is 117 cm³/mol. The molecule has 0 saturated carbocycles. The fourth-order valence-electron chi connectivity index (χ4n) is 3.39. The number of nitriles is 1. The molecule has 5 heteroatoms. The molecule has 0 aliphatic rings. The van der Waals surface area contributed by atoms with E-state index in [9.17, 15) is 14.7 Å². The Morgan fingerprint density at radius 3 is 2.42 bits per heavy atom. The first-order valence-corrected chi connectivity index (χ1v) is 10.1. The number of carbonyl (C=O) groups excluding carboxylic acids is 2. The van der Waals surface area contributed by atoms with Crippen molar-refractivity contribution in [3.63, 3.8) is 0 Å². The zero-order chi connectivity index (χ0) is 22.4. The van der Waals surface area contributed by atoms with Crippen molar-refractivity contribution in [1.29, 1.82) is 5.26 Å². The standard InChI is InChI=1S/C26H23NO4/c1-3-5-24-21(10-13-23(17(2)28)26(24)30)16-31-22-11-8-19(9-12-22)25(29)20-7-4-6-18(14-20)15-27/h4,6-14,30H,3,5,16H2,1-2H3. The van der Waals surface area contributed by atoms with Crippen molar-refractivity contribution < 1.29 is 19.4 Å². The third-order valence-corrected chi connectivity index (χ3v) is 5.02. The molecule has 0 heterocycles. The van der Waals surface area contributed by atoms with Crippen LogP contribution in [0.3, 0.4) is 0 Å². The molecule has 0 aliphatic heterocycles. The number of carbonyl (C=O) groups is 2. The monoisotopic (exact) mass is 413 g/mol. The van der Waals surface area contributed by atoms with Crippen molar-refractivity contribution in [2.75, 3.05) is 0 Å². The van der Waals surface area contributed by atoms with Crippen LogP contribution in [-0.4, -0.2) is 16.7 Å². The summed E-state index contributed by atoms with van der Waals surface area (Å²) >= 11 is 0. The Labute approximate surface area is 181 Å². The third-order valence-electron chi connectivity index (χ3n) is 5.02. The summed E-state index contributed by atoms with van der Waals surface area (Å²) in [5.41, 5.74) is 3.25. The SMILES string of the molecule is CCCc1c(COc2ccc(C(=O)c3cccc(C#N)c3)cc2)ccc(C(C)=O)c1O. The van der Waals surface area contributed by atoms with Crippen molar-refractivity contribution in [1.82, 2.24) is 0 Å². The van der Waals surface area contributed by atoms with Gasteiger partial charge < -0.3 is 9.84 Å². The van der Waals surface area contributed by atoms with Crippen LogP contribution in [-0.2, 0) is 13.0 Å². The lowest BCUT2D eigenvalue weighted by atomic mass is 9.97. The van der Waals surface area contributed by atoms with Crippen LogP contribution >= 0.6 is 0 Å². The van der Waals surface area contributed by atoms with E-state index < -0.39 is 0 Å².